The van der Waals surface area contributed by atoms with Crippen LogP contribution in [-0.2, 0) is 42.7 Å². The maximum Gasteiger partial charge on any atom is 0.488 e. The predicted molar refractivity (Wildman–Crippen MR) is 191 cm³/mol. The molecule has 270 valence electrons. The molecule has 1 rings (SSSR count). The van der Waals surface area contributed by atoms with Crippen LogP contribution in [-0.4, -0.2) is 77.1 Å². The van der Waals surface area contributed by atoms with Gasteiger partial charge in [0, 0.05) is 60.7 Å². The molecule has 0 amide bonds. The molecular formula is C30H70O10Si5. The topological polar surface area (TPSA) is 92.3 Å². The lowest BCUT2D eigenvalue weighted by Crippen LogP contribution is -2.75. The zero-order chi connectivity index (χ0) is 34.5. The molecule has 1 aliphatic rings. The Hall–Kier alpha value is 0.684. The van der Waals surface area contributed by atoms with Crippen molar-refractivity contribution in [1.82, 2.24) is 0 Å². The van der Waals surface area contributed by atoms with Crippen LogP contribution in [0.3, 0.4) is 0 Å². The fraction of sp³-hybridized carbons (Fsp3) is 1.00. The van der Waals surface area contributed by atoms with Gasteiger partial charge in [-0.05, 0) is 32.1 Å². The molecular weight excluding hydrogens is 661 g/mol. The maximum absolute atomic E-state index is 7.42. The van der Waals surface area contributed by atoms with E-state index in [1.807, 2.05) is 0 Å². The van der Waals surface area contributed by atoms with Gasteiger partial charge in [0.15, 0.2) is 0 Å². The third-order valence-electron chi connectivity index (χ3n) is 7.49. The van der Waals surface area contributed by atoms with Crippen LogP contribution in [0.1, 0.15) is 136 Å². The summed E-state index contributed by atoms with van der Waals surface area (Å²) in [6.45, 7) is 33.8. The molecule has 0 saturated carbocycles. The highest BCUT2D eigenvalue weighted by molar-refractivity contribution is 6.90. The van der Waals surface area contributed by atoms with E-state index in [-0.39, 0.29) is 27.7 Å². The fourth-order valence-electron chi connectivity index (χ4n) is 4.62. The van der Waals surface area contributed by atoms with E-state index in [0.29, 0.717) is 33.0 Å². The third-order valence-corrected chi connectivity index (χ3v) is 29.0. The van der Waals surface area contributed by atoms with E-state index >= 15 is 0 Å². The van der Waals surface area contributed by atoms with Crippen LogP contribution in [0.2, 0.25) is 27.7 Å². The van der Waals surface area contributed by atoms with Crippen molar-refractivity contribution >= 4 is 44.0 Å². The Bertz CT molecular complexity index is 657. The summed E-state index contributed by atoms with van der Waals surface area (Å²) in [6.07, 6.45) is 3.99. The molecule has 0 N–H and O–H groups in total. The summed E-state index contributed by atoms with van der Waals surface area (Å²) in [5.74, 6) is 0. The van der Waals surface area contributed by atoms with E-state index in [2.05, 4.69) is 104 Å². The molecule has 0 radical (unpaired) electrons. The fourth-order valence-corrected chi connectivity index (χ4v) is 31.2. The monoisotopic (exact) mass is 730 g/mol. The van der Waals surface area contributed by atoms with Crippen LogP contribution in [0.5, 0.6) is 0 Å². The first-order chi connectivity index (χ1) is 21.1. The van der Waals surface area contributed by atoms with Gasteiger partial charge in [-0.1, -0.05) is 104 Å². The summed E-state index contributed by atoms with van der Waals surface area (Å²) in [5, 5.41) is 0. The highest BCUT2D eigenvalue weighted by atomic mass is 28.6. The van der Waals surface area contributed by atoms with E-state index in [0.717, 1.165) is 32.1 Å². The molecule has 0 spiro atoms. The average molecular weight is 731 g/mol. The Labute approximate surface area is 282 Å². The van der Waals surface area contributed by atoms with Crippen molar-refractivity contribution in [1.29, 1.82) is 0 Å². The Kier molecular flexibility index (Phi) is 19.2. The van der Waals surface area contributed by atoms with E-state index < -0.39 is 44.0 Å². The molecule has 0 aromatic carbocycles. The second-order valence-corrected chi connectivity index (χ2v) is 30.9. The van der Waals surface area contributed by atoms with E-state index in [9.17, 15) is 0 Å². The van der Waals surface area contributed by atoms with Gasteiger partial charge in [0.25, 0.3) is 0 Å². The van der Waals surface area contributed by atoms with Crippen LogP contribution in [0.4, 0.5) is 0 Å². The van der Waals surface area contributed by atoms with Crippen molar-refractivity contribution in [2.45, 2.75) is 164 Å². The lowest BCUT2D eigenvalue weighted by Gasteiger charge is -2.53. The standard InChI is InChI=1S/C30H70O10Si5/c1-16-21-31-41(26(6)7)36-42(27(8)9,32-22-17-2)38-44(29(12)13,34-24-19-4)40-45(30(14)15,35-25-20-5)39-43(37-41,28(10)11)33-23-18-3/h26-30H,16-25H2,1-15H3. The van der Waals surface area contributed by atoms with Crippen LogP contribution < -0.4 is 0 Å². The first kappa shape index (κ1) is 43.7. The minimum atomic E-state index is -3.67. The van der Waals surface area contributed by atoms with Crippen molar-refractivity contribution in [2.75, 3.05) is 33.0 Å². The molecule has 1 aliphatic heterocycles. The largest absolute Gasteiger partial charge is 0.488 e. The molecule has 0 aromatic heterocycles. The number of rotatable bonds is 20. The van der Waals surface area contributed by atoms with Crippen LogP contribution in [0, 0.1) is 0 Å². The molecule has 1 heterocycles. The molecule has 15 heteroatoms. The number of hydrogen-bond acceptors (Lipinski definition) is 10. The minimum absolute atomic E-state index is 0.137. The molecule has 1 fully saturated rings. The lowest BCUT2D eigenvalue weighted by atomic mass is 10.5. The zero-order valence-corrected chi connectivity index (χ0v) is 36.5. The zero-order valence-electron chi connectivity index (χ0n) is 31.5. The summed E-state index contributed by atoms with van der Waals surface area (Å²) in [5.41, 5.74) is -0.687. The summed E-state index contributed by atoms with van der Waals surface area (Å²) < 4.78 is 71.4. The smallest absolute Gasteiger partial charge is 0.374 e. The van der Waals surface area contributed by atoms with Gasteiger partial charge in [-0.3, -0.25) is 0 Å². The second kappa shape index (κ2) is 19.8. The molecule has 0 aromatic rings. The van der Waals surface area contributed by atoms with E-state index in [4.69, 9.17) is 42.7 Å². The van der Waals surface area contributed by atoms with Crippen LogP contribution >= 0.6 is 0 Å². The number of hydrogen-bond donors (Lipinski definition) is 0. The van der Waals surface area contributed by atoms with E-state index in [1.165, 1.54) is 0 Å². The first-order valence-corrected chi connectivity index (χ1v) is 26.8. The summed E-state index contributed by atoms with van der Waals surface area (Å²) >= 11 is 0. The molecule has 0 unspecified atom stereocenters. The van der Waals surface area contributed by atoms with Crippen molar-refractivity contribution in [3.05, 3.63) is 0 Å². The van der Waals surface area contributed by atoms with Crippen molar-refractivity contribution in [3.63, 3.8) is 0 Å². The molecule has 0 aliphatic carbocycles. The van der Waals surface area contributed by atoms with Gasteiger partial charge in [0.1, 0.15) is 0 Å². The van der Waals surface area contributed by atoms with Crippen LogP contribution in [0.15, 0.2) is 0 Å². The Morgan fingerprint density at radius 3 is 0.533 bits per heavy atom. The summed E-state index contributed by atoms with van der Waals surface area (Å²) in [4.78, 5) is 0. The average Bonchev–Trinajstić information content (AvgIpc) is 2.98. The van der Waals surface area contributed by atoms with Gasteiger partial charge >= 0.3 is 44.0 Å². The Morgan fingerprint density at radius 2 is 0.444 bits per heavy atom. The summed E-state index contributed by atoms with van der Waals surface area (Å²) in [6, 6.07) is 0. The van der Waals surface area contributed by atoms with E-state index in [1.54, 1.807) is 0 Å². The molecule has 1 saturated heterocycles. The van der Waals surface area contributed by atoms with Gasteiger partial charge in [0.2, 0.25) is 0 Å². The second-order valence-electron chi connectivity index (χ2n) is 13.5. The molecule has 0 atom stereocenters. The molecule has 45 heavy (non-hydrogen) atoms. The van der Waals surface area contributed by atoms with Crippen molar-refractivity contribution < 1.29 is 42.7 Å². The van der Waals surface area contributed by atoms with Gasteiger partial charge in [-0.2, -0.15) is 0 Å². The van der Waals surface area contributed by atoms with Crippen LogP contribution in [0.25, 0.3) is 0 Å². The van der Waals surface area contributed by atoms with Crippen molar-refractivity contribution in [2.24, 2.45) is 0 Å². The normalized spacial score (nSPS) is 32.0. The molecule has 0 bridgehead atoms. The Balaban J connectivity index is 4.46. The minimum Gasteiger partial charge on any atom is -0.374 e. The van der Waals surface area contributed by atoms with Gasteiger partial charge < -0.3 is 42.7 Å². The van der Waals surface area contributed by atoms with Crippen molar-refractivity contribution in [3.8, 4) is 0 Å². The third kappa shape index (κ3) is 11.1. The quantitative estimate of drug-likeness (QED) is 0.113. The highest BCUT2D eigenvalue weighted by Gasteiger charge is 2.71. The van der Waals surface area contributed by atoms with Gasteiger partial charge in [-0.15, -0.1) is 0 Å². The SMILES string of the molecule is CCCO[Si]1(C(C)C)O[Si](OCCC)(C(C)C)O[Si](OCCC)(C(C)C)O[Si](OCCC)(C(C)C)O[Si](OCCC)(C(C)C)O1. The highest BCUT2D eigenvalue weighted by Crippen LogP contribution is 2.47. The molecule has 10 nitrogen and oxygen atoms in total. The van der Waals surface area contributed by atoms with Gasteiger partial charge in [-0.25, -0.2) is 0 Å². The Morgan fingerprint density at radius 1 is 0.311 bits per heavy atom. The van der Waals surface area contributed by atoms with Gasteiger partial charge in [0.05, 0.1) is 0 Å². The first-order valence-electron chi connectivity index (χ1n) is 17.8. The predicted octanol–water partition coefficient (Wildman–Crippen LogP) is 8.96. The maximum atomic E-state index is 7.42. The lowest BCUT2D eigenvalue weighted by molar-refractivity contribution is 0.00234. The summed E-state index contributed by atoms with van der Waals surface area (Å²) in [7, 11) is -18.4.